The van der Waals surface area contributed by atoms with Crippen molar-refractivity contribution in [1.29, 1.82) is 0 Å². The monoisotopic (exact) mass is 350 g/mol. The Kier molecular flexibility index (Phi) is 5.85. The zero-order valence-corrected chi connectivity index (χ0v) is 11.9. The number of carbonyl (C=O) groups is 1. The van der Waals surface area contributed by atoms with E-state index in [4.69, 9.17) is 4.74 Å². The highest BCUT2D eigenvalue weighted by molar-refractivity contribution is 8.18. The van der Waals surface area contributed by atoms with Crippen LogP contribution in [0.1, 0.15) is 10.4 Å². The Morgan fingerprint density at radius 2 is 1.43 bits per heavy atom. The highest BCUT2D eigenvalue weighted by Crippen LogP contribution is 2.46. The maximum atomic E-state index is 12.3. The fourth-order valence-corrected chi connectivity index (χ4v) is 3.08. The predicted molar refractivity (Wildman–Crippen MR) is 68.4 cm³/mol. The van der Waals surface area contributed by atoms with Crippen molar-refractivity contribution in [2.24, 2.45) is 0 Å². The molecule has 0 radical (unpaired) electrons. The largest absolute Gasteiger partial charge is 0.497 e. The Morgan fingerprint density at radius 1 is 1.00 bits per heavy atom. The summed E-state index contributed by atoms with van der Waals surface area (Å²) in [5.41, 5.74) is -10.2. The lowest BCUT2D eigenvalue weighted by molar-refractivity contribution is -0.0344. The molecule has 0 unspecified atom stereocenters. The van der Waals surface area contributed by atoms with E-state index in [0.29, 0.717) is 5.75 Å². The van der Waals surface area contributed by atoms with Crippen molar-refractivity contribution in [2.75, 3.05) is 7.11 Å². The molecule has 0 saturated heterocycles. The van der Waals surface area contributed by atoms with Gasteiger partial charge in [0.05, 0.1) is 7.11 Å². The van der Waals surface area contributed by atoms with Crippen LogP contribution in [-0.2, 0) is 0 Å². The summed E-state index contributed by atoms with van der Waals surface area (Å²) in [4.78, 5) is 11.8. The van der Waals surface area contributed by atoms with Crippen LogP contribution in [0.4, 0.5) is 26.3 Å². The molecule has 0 aliphatic rings. The summed E-state index contributed by atoms with van der Waals surface area (Å²) < 4.78 is 76.2. The van der Waals surface area contributed by atoms with Crippen LogP contribution >= 0.6 is 23.5 Å². The second-order valence-corrected chi connectivity index (χ2v) is 6.19. The van der Waals surface area contributed by atoms with Gasteiger partial charge in [-0.2, -0.15) is 26.3 Å². The van der Waals surface area contributed by atoms with Crippen LogP contribution in [0.5, 0.6) is 5.75 Å². The Balaban J connectivity index is 2.97. The van der Waals surface area contributed by atoms with Crippen LogP contribution in [0.25, 0.3) is 0 Å². The highest BCUT2D eigenvalue weighted by Gasteiger charge is 2.43. The number of hydrogen-bond donors (Lipinski definition) is 0. The van der Waals surface area contributed by atoms with Crippen LogP contribution in [-0.4, -0.2) is 28.5 Å². The first-order valence-corrected chi connectivity index (χ1v) is 6.95. The number of alkyl halides is 6. The van der Waals surface area contributed by atoms with Gasteiger partial charge in [0.15, 0.2) is 5.78 Å². The molecule has 0 N–H and O–H groups in total. The molecule has 0 fully saturated rings. The van der Waals surface area contributed by atoms with E-state index in [2.05, 4.69) is 0 Å². The van der Waals surface area contributed by atoms with Crippen molar-refractivity contribution < 1.29 is 35.9 Å². The number of rotatable bonds is 5. The van der Waals surface area contributed by atoms with Crippen LogP contribution < -0.4 is 4.74 Å². The molecule has 0 aliphatic carbocycles. The summed E-state index contributed by atoms with van der Waals surface area (Å²) in [6.07, 6.45) is 0. The lowest BCUT2D eigenvalue weighted by atomic mass is 10.1. The summed E-state index contributed by atoms with van der Waals surface area (Å²) >= 11 is -1.99. The van der Waals surface area contributed by atoms with Gasteiger partial charge in [-0.1, -0.05) is 0 Å². The number of Topliss-reactive ketones (excluding diaryl/α,β-unsaturated/α-hetero) is 1. The van der Waals surface area contributed by atoms with Crippen molar-refractivity contribution in [3.63, 3.8) is 0 Å². The maximum absolute atomic E-state index is 12.3. The molecule has 2 nitrogen and oxygen atoms in total. The molecule has 0 aliphatic heterocycles. The zero-order valence-electron chi connectivity index (χ0n) is 10.3. The number of ether oxygens (including phenoxy) is 1. The van der Waals surface area contributed by atoms with E-state index >= 15 is 0 Å². The van der Waals surface area contributed by atoms with Gasteiger partial charge in [-0.3, -0.25) is 4.79 Å². The van der Waals surface area contributed by atoms with Gasteiger partial charge in [-0.15, -0.1) is 0 Å². The van der Waals surface area contributed by atoms with E-state index in [9.17, 15) is 31.1 Å². The molecule has 10 heteroatoms. The lowest BCUT2D eigenvalue weighted by Gasteiger charge is -2.18. The molecule has 0 aromatic heterocycles. The first-order chi connectivity index (χ1) is 9.52. The normalized spacial score (nSPS) is 12.6. The van der Waals surface area contributed by atoms with E-state index in [1.807, 2.05) is 0 Å². The van der Waals surface area contributed by atoms with Gasteiger partial charge in [-0.25, -0.2) is 0 Å². The molecule has 1 aromatic rings. The Bertz CT molecular complexity index is 467. The standard InChI is InChI=1S/C11H8F6O2S2/c1-19-7-4-2-6(3-5-7)8(18)9(20-10(12,13)14)21-11(15,16)17/h2-5,9H,1H3. The molecule has 0 saturated carbocycles. The van der Waals surface area contributed by atoms with E-state index in [-0.39, 0.29) is 5.56 Å². The number of ketones is 1. The molecule has 118 valence electrons. The van der Waals surface area contributed by atoms with Gasteiger partial charge >= 0.3 is 11.0 Å². The van der Waals surface area contributed by atoms with Gasteiger partial charge in [0.25, 0.3) is 0 Å². The summed E-state index contributed by atoms with van der Waals surface area (Å²) in [7, 11) is 1.33. The first kappa shape index (κ1) is 18.0. The minimum atomic E-state index is -4.95. The number of carbonyl (C=O) groups excluding carboxylic acids is 1. The van der Waals surface area contributed by atoms with Crippen molar-refractivity contribution >= 4 is 29.3 Å². The third-order valence-electron chi connectivity index (χ3n) is 2.07. The topological polar surface area (TPSA) is 26.3 Å². The SMILES string of the molecule is COc1ccc(C(=O)C(SC(F)(F)F)SC(F)(F)F)cc1. The van der Waals surface area contributed by atoms with E-state index in [0.717, 1.165) is 12.1 Å². The minimum Gasteiger partial charge on any atom is -0.497 e. The predicted octanol–water partition coefficient (Wildman–Crippen LogP) is 4.71. The second kappa shape index (κ2) is 6.82. The zero-order chi connectivity index (χ0) is 16.3. The lowest BCUT2D eigenvalue weighted by Crippen LogP contribution is -2.22. The number of benzene rings is 1. The van der Waals surface area contributed by atoms with Gasteiger partial charge in [-0.05, 0) is 47.8 Å². The second-order valence-electron chi connectivity index (χ2n) is 3.55. The van der Waals surface area contributed by atoms with Crippen LogP contribution in [0.3, 0.4) is 0 Å². The van der Waals surface area contributed by atoms with Crippen LogP contribution in [0, 0.1) is 0 Å². The maximum Gasteiger partial charge on any atom is 0.443 e. The average Bonchev–Trinajstić information content (AvgIpc) is 2.34. The third-order valence-corrected chi connectivity index (χ3v) is 4.04. The van der Waals surface area contributed by atoms with Crippen LogP contribution in [0.2, 0.25) is 0 Å². The minimum absolute atomic E-state index is 0.255. The third kappa shape index (κ3) is 6.51. The van der Waals surface area contributed by atoms with Crippen molar-refractivity contribution in [3.05, 3.63) is 29.8 Å². The fourth-order valence-electron chi connectivity index (χ4n) is 1.27. The fraction of sp³-hybridized carbons (Fsp3) is 0.364. The van der Waals surface area contributed by atoms with E-state index < -0.39 is 44.9 Å². The number of hydrogen-bond acceptors (Lipinski definition) is 4. The molecule has 0 heterocycles. The number of halogens is 6. The van der Waals surface area contributed by atoms with E-state index in [1.165, 1.54) is 19.2 Å². The quantitative estimate of drug-likeness (QED) is 0.436. The van der Waals surface area contributed by atoms with Crippen molar-refractivity contribution in [2.45, 2.75) is 15.6 Å². The van der Waals surface area contributed by atoms with Crippen LogP contribution in [0.15, 0.2) is 24.3 Å². The molecule has 0 amide bonds. The summed E-state index contributed by atoms with van der Waals surface area (Å²) in [6.45, 7) is 0. The molecule has 0 spiro atoms. The van der Waals surface area contributed by atoms with Gasteiger partial charge in [0.1, 0.15) is 10.3 Å². The molecular formula is C11H8F6O2S2. The smallest absolute Gasteiger partial charge is 0.443 e. The molecule has 1 aromatic carbocycles. The van der Waals surface area contributed by atoms with Gasteiger partial charge < -0.3 is 4.74 Å². The Morgan fingerprint density at radius 3 is 1.76 bits per heavy atom. The number of thioether (sulfide) groups is 2. The van der Waals surface area contributed by atoms with E-state index in [1.54, 1.807) is 0 Å². The van der Waals surface area contributed by atoms with Gasteiger partial charge in [0, 0.05) is 5.56 Å². The molecule has 0 atom stereocenters. The molecule has 21 heavy (non-hydrogen) atoms. The molecular weight excluding hydrogens is 342 g/mol. The molecule has 0 bridgehead atoms. The number of methoxy groups -OCH3 is 1. The molecule has 1 rings (SSSR count). The Hall–Kier alpha value is -1.03. The summed E-state index contributed by atoms with van der Waals surface area (Å²) in [5.74, 6) is -0.933. The summed E-state index contributed by atoms with van der Waals surface area (Å²) in [5, 5.41) is 0. The van der Waals surface area contributed by atoms with Crippen molar-refractivity contribution in [1.82, 2.24) is 0 Å². The van der Waals surface area contributed by atoms with Crippen molar-refractivity contribution in [3.8, 4) is 5.75 Å². The first-order valence-electron chi connectivity index (χ1n) is 5.19. The Labute approximate surface area is 124 Å². The van der Waals surface area contributed by atoms with Gasteiger partial charge in [0.2, 0.25) is 0 Å². The highest BCUT2D eigenvalue weighted by atomic mass is 32.2. The summed E-state index contributed by atoms with van der Waals surface area (Å²) in [6, 6.07) is 4.78. The average molecular weight is 350 g/mol.